The Morgan fingerprint density at radius 1 is 1.19 bits per heavy atom. The standard InChI is InChI=1S/C13H18N2O5S/c1-14(2)12(16)9-15(3)21(18,19)11-7-5-6-10(8-11)13(17)20-4/h5-8H,9H2,1-4H3. The van der Waals surface area contributed by atoms with Crippen LogP contribution in [-0.4, -0.2) is 64.3 Å². The smallest absolute Gasteiger partial charge is 0.337 e. The normalized spacial score (nSPS) is 11.3. The van der Waals surface area contributed by atoms with Crippen LogP contribution in [0.5, 0.6) is 0 Å². The molecule has 0 saturated heterocycles. The van der Waals surface area contributed by atoms with E-state index < -0.39 is 16.0 Å². The van der Waals surface area contributed by atoms with E-state index in [4.69, 9.17) is 0 Å². The molecule has 1 amide bonds. The SMILES string of the molecule is COC(=O)c1cccc(S(=O)(=O)N(C)CC(=O)N(C)C)c1. The number of amides is 1. The number of esters is 1. The summed E-state index contributed by atoms with van der Waals surface area (Å²) < 4.78 is 30.2. The molecule has 116 valence electrons. The summed E-state index contributed by atoms with van der Waals surface area (Å²) >= 11 is 0. The first-order chi connectivity index (χ1) is 9.70. The molecule has 0 atom stereocenters. The molecule has 0 aliphatic rings. The first-order valence-corrected chi connectivity index (χ1v) is 7.49. The van der Waals surface area contributed by atoms with Gasteiger partial charge in [0.05, 0.1) is 24.1 Å². The number of carbonyl (C=O) groups excluding carboxylic acids is 2. The number of rotatable bonds is 5. The highest BCUT2D eigenvalue weighted by atomic mass is 32.2. The van der Waals surface area contributed by atoms with Gasteiger partial charge in [-0.1, -0.05) is 6.07 Å². The van der Waals surface area contributed by atoms with Crippen LogP contribution in [0.1, 0.15) is 10.4 Å². The molecule has 0 heterocycles. The van der Waals surface area contributed by atoms with Crippen molar-refractivity contribution in [2.75, 3.05) is 34.8 Å². The molecule has 0 spiro atoms. The van der Waals surface area contributed by atoms with Gasteiger partial charge >= 0.3 is 5.97 Å². The number of sulfonamides is 1. The lowest BCUT2D eigenvalue weighted by molar-refractivity contribution is -0.128. The van der Waals surface area contributed by atoms with E-state index in [1.165, 1.54) is 43.3 Å². The number of hydrogen-bond acceptors (Lipinski definition) is 5. The summed E-state index contributed by atoms with van der Waals surface area (Å²) in [4.78, 5) is 24.3. The number of ether oxygens (including phenoxy) is 1. The van der Waals surface area contributed by atoms with Gasteiger partial charge in [0, 0.05) is 21.1 Å². The molecule has 0 bridgehead atoms. The van der Waals surface area contributed by atoms with E-state index in [0.717, 1.165) is 4.31 Å². The van der Waals surface area contributed by atoms with Crippen LogP contribution >= 0.6 is 0 Å². The van der Waals surface area contributed by atoms with Crippen LogP contribution in [0.15, 0.2) is 29.2 Å². The Bertz CT molecular complexity index is 640. The summed E-state index contributed by atoms with van der Waals surface area (Å²) in [6, 6.07) is 5.48. The molecule has 0 aliphatic carbocycles. The number of benzene rings is 1. The Hall–Kier alpha value is -1.93. The zero-order valence-electron chi connectivity index (χ0n) is 12.4. The summed E-state index contributed by atoms with van der Waals surface area (Å²) in [5.74, 6) is -0.968. The molecule has 1 aromatic rings. The highest BCUT2D eigenvalue weighted by Gasteiger charge is 2.24. The number of methoxy groups -OCH3 is 1. The third kappa shape index (κ3) is 4.02. The minimum Gasteiger partial charge on any atom is -0.465 e. The molecular formula is C13H18N2O5S. The topological polar surface area (TPSA) is 84.0 Å². The van der Waals surface area contributed by atoms with Gasteiger partial charge in [-0.15, -0.1) is 0 Å². The summed E-state index contributed by atoms with van der Waals surface area (Å²) in [7, 11) is 1.75. The second kappa shape index (κ2) is 6.68. The Morgan fingerprint density at radius 3 is 2.33 bits per heavy atom. The molecule has 0 unspecified atom stereocenters. The maximum absolute atomic E-state index is 12.4. The lowest BCUT2D eigenvalue weighted by atomic mass is 10.2. The minimum atomic E-state index is -3.85. The predicted molar refractivity (Wildman–Crippen MR) is 76.3 cm³/mol. The summed E-state index contributed by atoms with van der Waals surface area (Å²) in [6.45, 7) is -0.280. The second-order valence-corrected chi connectivity index (χ2v) is 6.61. The molecule has 0 radical (unpaired) electrons. The fourth-order valence-corrected chi connectivity index (χ4v) is 2.66. The molecule has 0 aromatic heterocycles. The van der Waals surface area contributed by atoms with Crippen molar-refractivity contribution in [3.63, 3.8) is 0 Å². The summed E-state index contributed by atoms with van der Waals surface area (Å²) in [5.41, 5.74) is 0.130. The van der Waals surface area contributed by atoms with Crippen LogP contribution in [-0.2, 0) is 19.6 Å². The molecule has 1 rings (SSSR count). The number of carbonyl (C=O) groups is 2. The lowest BCUT2D eigenvalue weighted by Crippen LogP contribution is -2.37. The predicted octanol–water partition coefficient (Wildman–Crippen LogP) is 0.182. The van der Waals surface area contributed by atoms with Crippen molar-refractivity contribution in [3.05, 3.63) is 29.8 Å². The zero-order valence-corrected chi connectivity index (χ0v) is 13.2. The quantitative estimate of drug-likeness (QED) is 0.724. The minimum absolute atomic E-state index is 0.0699. The molecule has 0 saturated carbocycles. The summed E-state index contributed by atoms with van der Waals surface area (Å²) in [5, 5.41) is 0. The Morgan fingerprint density at radius 2 is 1.81 bits per heavy atom. The van der Waals surface area contributed by atoms with E-state index in [0.29, 0.717) is 0 Å². The van der Waals surface area contributed by atoms with Crippen LogP contribution in [0, 0.1) is 0 Å². The van der Waals surface area contributed by atoms with Crippen molar-refractivity contribution in [1.82, 2.24) is 9.21 Å². The van der Waals surface area contributed by atoms with Gasteiger partial charge in [0.1, 0.15) is 0 Å². The van der Waals surface area contributed by atoms with Gasteiger partial charge in [-0.3, -0.25) is 4.79 Å². The highest BCUT2D eigenvalue weighted by Crippen LogP contribution is 2.16. The van der Waals surface area contributed by atoms with E-state index in [9.17, 15) is 18.0 Å². The van der Waals surface area contributed by atoms with Crippen molar-refractivity contribution >= 4 is 21.9 Å². The van der Waals surface area contributed by atoms with E-state index >= 15 is 0 Å². The Kier molecular flexibility index (Phi) is 5.45. The van der Waals surface area contributed by atoms with Gasteiger partial charge in [0.25, 0.3) is 0 Å². The first kappa shape index (κ1) is 17.1. The van der Waals surface area contributed by atoms with Crippen LogP contribution in [0.25, 0.3) is 0 Å². The molecule has 21 heavy (non-hydrogen) atoms. The second-order valence-electron chi connectivity index (χ2n) is 4.57. The van der Waals surface area contributed by atoms with Crippen LogP contribution < -0.4 is 0 Å². The maximum Gasteiger partial charge on any atom is 0.337 e. The van der Waals surface area contributed by atoms with Crippen molar-refractivity contribution in [2.45, 2.75) is 4.90 Å². The van der Waals surface area contributed by atoms with Crippen molar-refractivity contribution in [3.8, 4) is 0 Å². The molecule has 0 fully saturated rings. The number of hydrogen-bond donors (Lipinski definition) is 0. The van der Waals surface area contributed by atoms with Crippen LogP contribution in [0.3, 0.4) is 0 Å². The molecule has 0 N–H and O–H groups in total. The Balaban J connectivity index is 3.08. The van der Waals surface area contributed by atoms with Crippen molar-refractivity contribution in [1.29, 1.82) is 0 Å². The van der Waals surface area contributed by atoms with E-state index in [-0.39, 0.29) is 22.9 Å². The molecule has 0 aliphatic heterocycles. The van der Waals surface area contributed by atoms with Gasteiger partial charge in [0.15, 0.2) is 0 Å². The third-order valence-corrected chi connectivity index (χ3v) is 4.62. The number of likely N-dealkylation sites (N-methyl/N-ethyl adjacent to an activating group) is 2. The van der Waals surface area contributed by atoms with E-state index in [1.807, 2.05) is 0 Å². The van der Waals surface area contributed by atoms with Crippen LogP contribution in [0.4, 0.5) is 0 Å². The highest BCUT2D eigenvalue weighted by molar-refractivity contribution is 7.89. The lowest BCUT2D eigenvalue weighted by Gasteiger charge is -2.19. The maximum atomic E-state index is 12.4. The molecule has 1 aromatic carbocycles. The van der Waals surface area contributed by atoms with Crippen molar-refractivity contribution < 1.29 is 22.7 Å². The van der Waals surface area contributed by atoms with Gasteiger partial charge < -0.3 is 9.64 Å². The van der Waals surface area contributed by atoms with E-state index in [2.05, 4.69) is 4.74 Å². The van der Waals surface area contributed by atoms with Crippen LogP contribution in [0.2, 0.25) is 0 Å². The fraction of sp³-hybridized carbons (Fsp3) is 0.385. The fourth-order valence-electron chi connectivity index (χ4n) is 1.50. The largest absolute Gasteiger partial charge is 0.465 e. The number of nitrogens with zero attached hydrogens (tertiary/aromatic N) is 2. The average Bonchev–Trinajstić information content (AvgIpc) is 2.46. The molecule has 7 nitrogen and oxygen atoms in total. The monoisotopic (exact) mass is 314 g/mol. The summed E-state index contributed by atoms with van der Waals surface area (Å²) in [6.07, 6.45) is 0. The van der Waals surface area contributed by atoms with Gasteiger partial charge in [0.2, 0.25) is 15.9 Å². The van der Waals surface area contributed by atoms with Gasteiger partial charge in [-0.2, -0.15) is 4.31 Å². The first-order valence-electron chi connectivity index (χ1n) is 6.05. The average molecular weight is 314 g/mol. The third-order valence-electron chi connectivity index (χ3n) is 2.82. The van der Waals surface area contributed by atoms with Gasteiger partial charge in [-0.25, -0.2) is 13.2 Å². The zero-order chi connectivity index (χ0) is 16.2. The van der Waals surface area contributed by atoms with Crippen molar-refractivity contribution in [2.24, 2.45) is 0 Å². The Labute approximate surface area is 124 Å². The van der Waals surface area contributed by atoms with E-state index in [1.54, 1.807) is 14.1 Å². The molecular weight excluding hydrogens is 296 g/mol. The molecule has 8 heteroatoms. The van der Waals surface area contributed by atoms with Gasteiger partial charge in [-0.05, 0) is 18.2 Å².